The molecule has 4 heteroatoms. The summed E-state index contributed by atoms with van der Waals surface area (Å²) in [6.45, 7) is 1.80. The first-order valence-corrected chi connectivity index (χ1v) is 2.66. The van der Waals surface area contributed by atoms with Gasteiger partial charge in [0.2, 0.25) is 0 Å². The molecule has 0 aliphatic carbocycles. The predicted octanol–water partition coefficient (Wildman–Crippen LogP) is 1.20. The highest BCUT2D eigenvalue weighted by Crippen LogP contribution is 2.12. The van der Waals surface area contributed by atoms with Gasteiger partial charge in [-0.05, 0) is 6.92 Å². The number of rotatable bonds is 1. The van der Waals surface area contributed by atoms with Crippen LogP contribution >= 0.6 is 12.2 Å². The second-order valence-electron chi connectivity index (χ2n) is 1.67. The second-order valence-corrected chi connectivity index (χ2v) is 1.91. The lowest BCUT2D eigenvalue weighted by atomic mass is 10.3. The van der Waals surface area contributed by atoms with E-state index in [1.165, 1.54) is 11.7 Å². The van der Waals surface area contributed by atoms with E-state index in [9.17, 15) is 0 Å². The summed E-state index contributed by atoms with van der Waals surface area (Å²) in [7, 11) is 0. The van der Waals surface area contributed by atoms with Crippen LogP contribution < -0.4 is 0 Å². The van der Waals surface area contributed by atoms with Crippen molar-refractivity contribution >= 4 is 23.9 Å². The Morgan fingerprint density at radius 1 is 1.75 bits per heavy atom. The Morgan fingerprint density at radius 3 is 2.75 bits per heavy atom. The summed E-state index contributed by atoms with van der Waals surface area (Å²) < 4.78 is 0. The molecule has 8 heavy (non-hydrogen) atoms. The SMILES string of the molecule is CC1(C=S)N=CN=N1. The largest absolute Gasteiger partial charge is 0.235 e. The Kier molecular flexibility index (Phi) is 1.17. The first-order chi connectivity index (χ1) is 3.77. The zero-order chi connectivity index (χ0) is 6.04. The molecule has 0 spiro atoms. The Morgan fingerprint density at radius 2 is 2.50 bits per heavy atom. The minimum atomic E-state index is -0.546. The molecule has 3 nitrogen and oxygen atoms in total. The van der Waals surface area contributed by atoms with Gasteiger partial charge in [0.15, 0.2) is 5.66 Å². The molecule has 0 aromatic rings. The van der Waals surface area contributed by atoms with E-state index in [4.69, 9.17) is 0 Å². The monoisotopic (exact) mass is 127 g/mol. The second kappa shape index (κ2) is 1.70. The normalized spacial score (nSPS) is 33.6. The average molecular weight is 127 g/mol. The van der Waals surface area contributed by atoms with Crippen LogP contribution in [0.1, 0.15) is 6.92 Å². The van der Waals surface area contributed by atoms with Crippen molar-refractivity contribution in [2.45, 2.75) is 12.6 Å². The highest BCUT2D eigenvalue weighted by molar-refractivity contribution is 7.79. The van der Waals surface area contributed by atoms with Crippen molar-refractivity contribution in [3.8, 4) is 0 Å². The number of nitrogens with zero attached hydrogens (tertiary/aromatic N) is 3. The topological polar surface area (TPSA) is 37.1 Å². The zero-order valence-electron chi connectivity index (χ0n) is 4.40. The number of thiocarbonyl (C=S) groups is 1. The van der Waals surface area contributed by atoms with Gasteiger partial charge in [0.1, 0.15) is 6.34 Å². The lowest BCUT2D eigenvalue weighted by Gasteiger charge is -2.04. The molecule has 0 aromatic carbocycles. The molecule has 0 N–H and O–H groups in total. The lowest BCUT2D eigenvalue weighted by molar-refractivity contribution is 0.684. The van der Waals surface area contributed by atoms with Gasteiger partial charge in [0, 0.05) is 5.37 Å². The highest BCUT2D eigenvalue weighted by atomic mass is 32.1. The van der Waals surface area contributed by atoms with Crippen LogP contribution in [0.2, 0.25) is 0 Å². The van der Waals surface area contributed by atoms with Crippen LogP contribution in [0, 0.1) is 0 Å². The van der Waals surface area contributed by atoms with E-state index in [1.54, 1.807) is 6.92 Å². The van der Waals surface area contributed by atoms with Gasteiger partial charge in [-0.1, -0.05) is 12.2 Å². The molecule has 1 aliphatic rings. The Balaban J connectivity index is 2.83. The summed E-state index contributed by atoms with van der Waals surface area (Å²) in [5.41, 5.74) is -0.546. The number of aliphatic imine (C=N–C) groups is 1. The van der Waals surface area contributed by atoms with Gasteiger partial charge in [-0.15, -0.1) is 5.11 Å². The molecule has 0 radical (unpaired) electrons. The molecule has 0 aromatic heterocycles. The van der Waals surface area contributed by atoms with Crippen molar-refractivity contribution < 1.29 is 0 Å². The molecule has 0 bridgehead atoms. The third kappa shape index (κ3) is 0.790. The summed E-state index contributed by atoms with van der Waals surface area (Å²) in [6.07, 6.45) is 1.41. The summed E-state index contributed by atoms with van der Waals surface area (Å²) >= 11 is 4.63. The Bertz CT molecular complexity index is 149. The number of azo groups is 1. The molecule has 0 saturated heterocycles. The molecule has 1 rings (SSSR count). The van der Waals surface area contributed by atoms with Gasteiger partial charge in [0.05, 0.1) is 0 Å². The molecule has 0 saturated carbocycles. The van der Waals surface area contributed by atoms with Gasteiger partial charge >= 0.3 is 0 Å². The van der Waals surface area contributed by atoms with Crippen molar-refractivity contribution in [2.75, 3.05) is 0 Å². The van der Waals surface area contributed by atoms with E-state index >= 15 is 0 Å². The van der Waals surface area contributed by atoms with E-state index < -0.39 is 5.66 Å². The van der Waals surface area contributed by atoms with Crippen LogP contribution in [0.4, 0.5) is 0 Å². The van der Waals surface area contributed by atoms with Crippen molar-refractivity contribution in [3.63, 3.8) is 0 Å². The average Bonchev–Trinajstić information content (AvgIpc) is 2.17. The van der Waals surface area contributed by atoms with Crippen LogP contribution in [0.5, 0.6) is 0 Å². The quantitative estimate of drug-likeness (QED) is 0.487. The van der Waals surface area contributed by atoms with Gasteiger partial charge in [-0.3, -0.25) is 0 Å². The van der Waals surface area contributed by atoms with Gasteiger partial charge in [-0.25, -0.2) is 4.99 Å². The molecule has 0 amide bonds. The molecular formula is C4H5N3S. The highest BCUT2D eigenvalue weighted by Gasteiger charge is 2.19. The minimum Gasteiger partial charge on any atom is -0.235 e. The minimum absolute atomic E-state index is 0.546. The summed E-state index contributed by atoms with van der Waals surface area (Å²) in [6, 6.07) is 0. The maximum atomic E-state index is 4.63. The summed E-state index contributed by atoms with van der Waals surface area (Å²) in [4.78, 5) is 3.87. The molecule has 1 heterocycles. The first kappa shape index (κ1) is 5.50. The van der Waals surface area contributed by atoms with E-state index in [2.05, 4.69) is 27.4 Å². The third-order valence-electron chi connectivity index (χ3n) is 0.854. The summed E-state index contributed by atoms with van der Waals surface area (Å²) in [5, 5.41) is 8.76. The standard InChI is InChI=1S/C4H5N3S/c1-4(2-8)5-3-6-7-4/h2-3H,1H3. The van der Waals surface area contributed by atoms with E-state index in [1.807, 2.05) is 0 Å². The third-order valence-corrected chi connectivity index (χ3v) is 1.30. The zero-order valence-corrected chi connectivity index (χ0v) is 5.22. The van der Waals surface area contributed by atoms with E-state index in [0.717, 1.165) is 0 Å². The van der Waals surface area contributed by atoms with Crippen molar-refractivity contribution in [3.05, 3.63) is 0 Å². The van der Waals surface area contributed by atoms with Gasteiger partial charge < -0.3 is 0 Å². The summed E-state index contributed by atoms with van der Waals surface area (Å²) in [5.74, 6) is 0. The molecule has 42 valence electrons. The smallest absolute Gasteiger partial charge is 0.198 e. The number of hydrogen-bond donors (Lipinski definition) is 0. The Hall–Kier alpha value is -0.640. The van der Waals surface area contributed by atoms with E-state index in [-0.39, 0.29) is 0 Å². The number of hydrogen-bond acceptors (Lipinski definition) is 4. The lowest BCUT2D eigenvalue weighted by Crippen LogP contribution is -2.15. The fourth-order valence-corrected chi connectivity index (χ4v) is 0.473. The van der Waals surface area contributed by atoms with Crippen LogP contribution in [-0.4, -0.2) is 17.4 Å². The molecule has 1 atom stereocenters. The van der Waals surface area contributed by atoms with Crippen LogP contribution in [-0.2, 0) is 0 Å². The molecule has 0 fully saturated rings. The maximum Gasteiger partial charge on any atom is 0.198 e. The molecule has 1 unspecified atom stereocenters. The van der Waals surface area contributed by atoms with Crippen LogP contribution in [0.25, 0.3) is 0 Å². The molecule has 1 aliphatic heterocycles. The first-order valence-electron chi connectivity index (χ1n) is 2.19. The fourth-order valence-electron chi connectivity index (χ4n) is 0.365. The fraction of sp³-hybridized carbons (Fsp3) is 0.500. The van der Waals surface area contributed by atoms with Gasteiger partial charge in [-0.2, -0.15) is 5.11 Å². The van der Waals surface area contributed by atoms with Crippen LogP contribution in [0.3, 0.4) is 0 Å². The predicted molar refractivity (Wildman–Crippen MR) is 35.4 cm³/mol. The van der Waals surface area contributed by atoms with Crippen molar-refractivity contribution in [2.24, 2.45) is 15.2 Å². The molecular weight excluding hydrogens is 122 g/mol. The van der Waals surface area contributed by atoms with Crippen molar-refractivity contribution in [1.29, 1.82) is 0 Å². The van der Waals surface area contributed by atoms with Crippen molar-refractivity contribution in [1.82, 2.24) is 0 Å². The van der Waals surface area contributed by atoms with Gasteiger partial charge in [0.25, 0.3) is 0 Å². The van der Waals surface area contributed by atoms with Crippen LogP contribution in [0.15, 0.2) is 15.2 Å². The maximum absolute atomic E-state index is 4.63. The Labute approximate surface area is 52.5 Å². The van der Waals surface area contributed by atoms with E-state index in [0.29, 0.717) is 0 Å².